The van der Waals surface area contributed by atoms with Gasteiger partial charge in [0, 0.05) is 13.8 Å². The minimum atomic E-state index is -0.347. The maximum atomic E-state index is 12.1. The highest BCUT2D eigenvalue weighted by Crippen LogP contribution is 2.55. The van der Waals surface area contributed by atoms with Crippen LogP contribution in [-0.4, -0.2) is 26.9 Å². The lowest BCUT2D eigenvalue weighted by Gasteiger charge is -2.49. The number of hydrogen-bond acceptors (Lipinski definition) is 4. The Morgan fingerprint density at radius 1 is 1.33 bits per heavy atom. The average molecular weight is 311 g/mol. The molecule has 0 aromatic heterocycles. The standard InChI is InChI=1S/C15H25N3O2S/c1-10(19)16-13-17-18(11(2)20)15(21-13)9-7-6-8-12(15)14(3,4)5/h12H,6-9H2,1-5H3,(H,16,17,19)/t12-,15-/m0/s1. The first-order chi connectivity index (χ1) is 9.67. The van der Waals surface area contributed by atoms with Crippen molar-refractivity contribution in [3.63, 3.8) is 0 Å². The second-order valence-corrected chi connectivity index (χ2v) is 8.33. The number of amidine groups is 1. The van der Waals surface area contributed by atoms with Gasteiger partial charge in [-0.05, 0) is 24.2 Å². The highest BCUT2D eigenvalue weighted by atomic mass is 32.2. The van der Waals surface area contributed by atoms with Gasteiger partial charge in [-0.15, -0.1) is 5.10 Å². The van der Waals surface area contributed by atoms with Crippen molar-refractivity contribution >= 4 is 28.7 Å². The lowest BCUT2D eigenvalue weighted by Crippen LogP contribution is -2.54. The van der Waals surface area contributed by atoms with Gasteiger partial charge in [-0.3, -0.25) is 9.59 Å². The van der Waals surface area contributed by atoms with Crippen LogP contribution in [-0.2, 0) is 9.59 Å². The number of nitrogens with zero attached hydrogens (tertiary/aromatic N) is 2. The largest absolute Gasteiger partial charge is 0.304 e. The van der Waals surface area contributed by atoms with E-state index < -0.39 is 0 Å². The van der Waals surface area contributed by atoms with Crippen molar-refractivity contribution in [1.29, 1.82) is 0 Å². The smallest absolute Gasteiger partial charge is 0.240 e. The first kappa shape index (κ1) is 16.3. The fourth-order valence-electron chi connectivity index (χ4n) is 3.56. The van der Waals surface area contributed by atoms with Gasteiger partial charge in [0.25, 0.3) is 0 Å². The number of thioether (sulfide) groups is 1. The van der Waals surface area contributed by atoms with E-state index in [0.29, 0.717) is 11.1 Å². The van der Waals surface area contributed by atoms with Gasteiger partial charge in [0.1, 0.15) is 4.87 Å². The van der Waals surface area contributed by atoms with Gasteiger partial charge >= 0.3 is 0 Å². The number of hydrazone groups is 1. The molecule has 5 nitrogen and oxygen atoms in total. The number of carbonyl (C=O) groups excluding carboxylic acids is 2. The number of carbonyl (C=O) groups is 2. The Labute approximate surface area is 130 Å². The summed E-state index contributed by atoms with van der Waals surface area (Å²) in [5.41, 5.74) is 0.0856. The Bertz CT molecular complexity index is 484. The molecule has 2 rings (SSSR count). The van der Waals surface area contributed by atoms with Crippen molar-refractivity contribution in [2.75, 3.05) is 0 Å². The van der Waals surface area contributed by atoms with Crippen LogP contribution in [0.5, 0.6) is 0 Å². The lowest BCUT2D eigenvalue weighted by molar-refractivity contribution is -0.136. The SMILES string of the molecule is CC(=O)NC1=NN(C(C)=O)[C@@]2(CCCC[C@H]2C(C)(C)C)S1. The van der Waals surface area contributed by atoms with Crippen molar-refractivity contribution in [2.24, 2.45) is 16.4 Å². The summed E-state index contributed by atoms with van der Waals surface area (Å²) in [6.45, 7) is 9.69. The fraction of sp³-hybridized carbons (Fsp3) is 0.800. The summed E-state index contributed by atoms with van der Waals surface area (Å²) in [5, 5.41) is 9.32. The summed E-state index contributed by atoms with van der Waals surface area (Å²) >= 11 is 1.56. The second-order valence-electron chi connectivity index (χ2n) is 7.03. The highest BCUT2D eigenvalue weighted by molar-refractivity contribution is 8.15. The first-order valence-electron chi connectivity index (χ1n) is 7.53. The third-order valence-corrected chi connectivity index (χ3v) is 5.66. The van der Waals surface area contributed by atoms with Crippen LogP contribution < -0.4 is 5.32 Å². The molecule has 1 aliphatic carbocycles. The summed E-state index contributed by atoms with van der Waals surface area (Å²) in [6, 6.07) is 0. The van der Waals surface area contributed by atoms with E-state index in [1.54, 1.807) is 23.7 Å². The number of nitrogens with one attached hydrogen (secondary N) is 1. The molecule has 0 aromatic carbocycles. The van der Waals surface area contributed by atoms with E-state index >= 15 is 0 Å². The molecular formula is C15H25N3O2S. The van der Waals surface area contributed by atoms with E-state index in [9.17, 15) is 9.59 Å². The number of amides is 2. The fourth-order valence-corrected chi connectivity index (χ4v) is 5.32. The highest BCUT2D eigenvalue weighted by Gasteiger charge is 2.55. The van der Waals surface area contributed by atoms with Crippen LogP contribution >= 0.6 is 11.8 Å². The van der Waals surface area contributed by atoms with Crippen LogP contribution in [0.4, 0.5) is 0 Å². The third-order valence-electron chi connectivity index (χ3n) is 4.27. The minimum absolute atomic E-state index is 0.0565. The van der Waals surface area contributed by atoms with Crippen LogP contribution in [0.1, 0.15) is 60.3 Å². The predicted octanol–water partition coefficient (Wildman–Crippen LogP) is 2.92. The van der Waals surface area contributed by atoms with Crippen LogP contribution in [0.3, 0.4) is 0 Å². The molecule has 21 heavy (non-hydrogen) atoms. The van der Waals surface area contributed by atoms with E-state index in [1.807, 2.05) is 0 Å². The normalized spacial score (nSPS) is 29.5. The van der Waals surface area contributed by atoms with Gasteiger partial charge in [-0.2, -0.15) is 0 Å². The molecule has 2 amide bonds. The first-order valence-corrected chi connectivity index (χ1v) is 8.34. The van der Waals surface area contributed by atoms with E-state index in [2.05, 4.69) is 31.2 Å². The molecule has 1 N–H and O–H groups in total. The van der Waals surface area contributed by atoms with Crippen LogP contribution in [0.15, 0.2) is 5.10 Å². The molecule has 0 unspecified atom stereocenters. The summed E-state index contributed by atoms with van der Waals surface area (Å²) in [7, 11) is 0. The van der Waals surface area contributed by atoms with Crippen molar-refractivity contribution < 1.29 is 9.59 Å². The molecule has 118 valence electrons. The lowest BCUT2D eigenvalue weighted by atomic mass is 9.69. The van der Waals surface area contributed by atoms with Gasteiger partial charge in [0.2, 0.25) is 11.8 Å². The molecule has 1 aliphatic heterocycles. The maximum absolute atomic E-state index is 12.1. The summed E-state index contributed by atoms with van der Waals surface area (Å²) in [6.07, 6.45) is 4.28. The zero-order valence-electron chi connectivity index (χ0n) is 13.5. The maximum Gasteiger partial charge on any atom is 0.240 e. The molecule has 0 aromatic rings. The van der Waals surface area contributed by atoms with Gasteiger partial charge in [-0.25, -0.2) is 5.01 Å². The summed E-state index contributed by atoms with van der Waals surface area (Å²) in [5.74, 6) is 0.145. The molecule has 1 fully saturated rings. The molecule has 2 aliphatic rings. The topological polar surface area (TPSA) is 61.8 Å². The van der Waals surface area contributed by atoms with E-state index in [1.165, 1.54) is 13.3 Å². The molecule has 6 heteroatoms. The Morgan fingerprint density at radius 2 is 2.00 bits per heavy atom. The molecule has 0 saturated heterocycles. The van der Waals surface area contributed by atoms with Crippen molar-refractivity contribution in [1.82, 2.24) is 10.3 Å². The Hall–Kier alpha value is -1.04. The van der Waals surface area contributed by atoms with E-state index in [-0.39, 0.29) is 22.1 Å². The van der Waals surface area contributed by atoms with E-state index in [0.717, 1.165) is 19.3 Å². The molecule has 1 spiro atoms. The Kier molecular flexibility index (Phi) is 4.38. The minimum Gasteiger partial charge on any atom is -0.304 e. The van der Waals surface area contributed by atoms with Gasteiger partial charge < -0.3 is 5.32 Å². The Balaban J connectivity index is 2.38. The van der Waals surface area contributed by atoms with Crippen molar-refractivity contribution in [3.8, 4) is 0 Å². The zero-order chi connectivity index (χ0) is 15.8. The molecule has 1 saturated carbocycles. The van der Waals surface area contributed by atoms with Gasteiger partial charge in [0.05, 0.1) is 0 Å². The molecule has 1 heterocycles. The zero-order valence-corrected chi connectivity index (χ0v) is 14.3. The molecular weight excluding hydrogens is 286 g/mol. The van der Waals surface area contributed by atoms with Crippen LogP contribution in [0.2, 0.25) is 0 Å². The van der Waals surface area contributed by atoms with Crippen molar-refractivity contribution in [3.05, 3.63) is 0 Å². The number of rotatable bonds is 0. The van der Waals surface area contributed by atoms with Crippen LogP contribution in [0.25, 0.3) is 0 Å². The van der Waals surface area contributed by atoms with Crippen molar-refractivity contribution in [2.45, 2.75) is 65.2 Å². The summed E-state index contributed by atoms with van der Waals surface area (Å²) < 4.78 is 0. The molecule has 0 bridgehead atoms. The van der Waals surface area contributed by atoms with Gasteiger partial charge in [0.15, 0.2) is 5.17 Å². The third kappa shape index (κ3) is 3.10. The summed E-state index contributed by atoms with van der Waals surface area (Å²) in [4.78, 5) is 23.1. The Morgan fingerprint density at radius 3 is 2.52 bits per heavy atom. The monoisotopic (exact) mass is 311 g/mol. The quantitative estimate of drug-likeness (QED) is 0.748. The van der Waals surface area contributed by atoms with E-state index in [4.69, 9.17) is 0 Å². The predicted molar refractivity (Wildman–Crippen MR) is 85.5 cm³/mol. The molecule has 2 atom stereocenters. The average Bonchev–Trinajstić information content (AvgIpc) is 2.66. The molecule has 0 radical (unpaired) electrons. The van der Waals surface area contributed by atoms with Crippen LogP contribution in [0, 0.1) is 11.3 Å². The number of hydrogen-bond donors (Lipinski definition) is 1. The second kappa shape index (κ2) is 5.63. The van der Waals surface area contributed by atoms with Gasteiger partial charge in [-0.1, -0.05) is 45.4 Å².